The quantitative estimate of drug-likeness (QED) is 0.855. The molecule has 1 aliphatic rings. The Morgan fingerprint density at radius 3 is 3.00 bits per heavy atom. The van der Waals surface area contributed by atoms with Gasteiger partial charge in [-0.05, 0) is 30.4 Å². The maximum Gasteiger partial charge on any atom is 0.264 e. The Labute approximate surface area is 139 Å². The van der Waals surface area contributed by atoms with Gasteiger partial charge in [0.2, 0.25) is 5.91 Å². The first-order valence-corrected chi connectivity index (χ1v) is 8.58. The van der Waals surface area contributed by atoms with Gasteiger partial charge in [-0.3, -0.25) is 9.59 Å². The standard InChI is InChI=1S/C17H20N2O3S/c1-22-10-8-18-16(20)13-6-4-9-19(13)17(21)15-11-12-5-2-3-7-14(12)23-15/h2-3,5,7,11,13H,4,6,8-10H2,1H3,(H,18,20)/t13-/m0/s1. The molecule has 1 saturated heterocycles. The topological polar surface area (TPSA) is 58.6 Å². The lowest BCUT2D eigenvalue weighted by Crippen LogP contribution is -2.46. The van der Waals surface area contributed by atoms with E-state index in [0.717, 1.165) is 22.9 Å². The van der Waals surface area contributed by atoms with Gasteiger partial charge in [-0.25, -0.2) is 0 Å². The molecule has 122 valence electrons. The van der Waals surface area contributed by atoms with Gasteiger partial charge in [0, 0.05) is 24.9 Å². The van der Waals surface area contributed by atoms with Crippen LogP contribution in [0.15, 0.2) is 30.3 Å². The molecule has 1 aromatic heterocycles. The molecule has 3 rings (SSSR count). The summed E-state index contributed by atoms with van der Waals surface area (Å²) >= 11 is 1.48. The Kier molecular flexibility index (Phi) is 4.93. The van der Waals surface area contributed by atoms with Crippen molar-refractivity contribution in [1.29, 1.82) is 0 Å². The number of carbonyl (C=O) groups excluding carboxylic acids is 2. The van der Waals surface area contributed by atoms with Crippen LogP contribution in [0.25, 0.3) is 10.1 Å². The molecule has 0 bridgehead atoms. The number of methoxy groups -OCH3 is 1. The molecule has 2 aromatic rings. The lowest BCUT2D eigenvalue weighted by atomic mass is 10.2. The molecule has 1 N–H and O–H groups in total. The highest BCUT2D eigenvalue weighted by Gasteiger charge is 2.34. The second-order valence-corrected chi connectivity index (χ2v) is 6.67. The van der Waals surface area contributed by atoms with Crippen molar-refractivity contribution in [3.8, 4) is 0 Å². The van der Waals surface area contributed by atoms with E-state index >= 15 is 0 Å². The number of nitrogens with zero attached hydrogens (tertiary/aromatic N) is 1. The number of rotatable bonds is 5. The third kappa shape index (κ3) is 3.38. The van der Waals surface area contributed by atoms with Gasteiger partial charge < -0.3 is 15.0 Å². The molecule has 1 aromatic carbocycles. The summed E-state index contributed by atoms with van der Waals surface area (Å²) < 4.78 is 6.03. The minimum Gasteiger partial charge on any atom is -0.383 e. The smallest absolute Gasteiger partial charge is 0.264 e. The van der Waals surface area contributed by atoms with E-state index in [-0.39, 0.29) is 17.9 Å². The zero-order valence-corrected chi connectivity index (χ0v) is 13.9. The SMILES string of the molecule is COCCNC(=O)[C@@H]1CCCN1C(=O)c1cc2ccccc2s1. The van der Waals surface area contributed by atoms with E-state index in [1.54, 1.807) is 12.0 Å². The summed E-state index contributed by atoms with van der Waals surface area (Å²) in [4.78, 5) is 27.5. The third-order valence-corrected chi connectivity index (χ3v) is 5.16. The van der Waals surface area contributed by atoms with Crippen LogP contribution in [0.3, 0.4) is 0 Å². The molecule has 1 atom stereocenters. The van der Waals surface area contributed by atoms with Crippen molar-refractivity contribution >= 4 is 33.2 Å². The summed E-state index contributed by atoms with van der Waals surface area (Å²) in [7, 11) is 1.60. The second kappa shape index (κ2) is 7.10. The predicted octanol–water partition coefficient (Wildman–Crippen LogP) is 2.27. The minimum atomic E-state index is -0.371. The van der Waals surface area contributed by atoms with Gasteiger partial charge >= 0.3 is 0 Å². The first kappa shape index (κ1) is 16.0. The molecule has 0 aliphatic carbocycles. The van der Waals surface area contributed by atoms with Crippen molar-refractivity contribution in [2.24, 2.45) is 0 Å². The Hall–Kier alpha value is -1.92. The maximum atomic E-state index is 12.8. The molecule has 0 radical (unpaired) electrons. The molecule has 23 heavy (non-hydrogen) atoms. The maximum absolute atomic E-state index is 12.8. The molecule has 0 saturated carbocycles. The van der Waals surface area contributed by atoms with Crippen LogP contribution in [-0.4, -0.2) is 49.6 Å². The zero-order valence-electron chi connectivity index (χ0n) is 13.1. The Morgan fingerprint density at radius 2 is 2.22 bits per heavy atom. The predicted molar refractivity (Wildman–Crippen MR) is 90.8 cm³/mol. The van der Waals surface area contributed by atoms with Crippen LogP contribution in [-0.2, 0) is 9.53 Å². The number of thiophene rings is 1. The van der Waals surface area contributed by atoms with Gasteiger partial charge in [-0.15, -0.1) is 11.3 Å². The van der Waals surface area contributed by atoms with Crippen LogP contribution in [0.5, 0.6) is 0 Å². The Morgan fingerprint density at radius 1 is 1.39 bits per heavy atom. The lowest BCUT2D eigenvalue weighted by molar-refractivity contribution is -0.125. The third-order valence-electron chi connectivity index (χ3n) is 4.06. The number of amides is 2. The van der Waals surface area contributed by atoms with Crippen molar-refractivity contribution in [3.63, 3.8) is 0 Å². The van der Waals surface area contributed by atoms with Crippen LogP contribution in [0.4, 0.5) is 0 Å². The first-order valence-electron chi connectivity index (χ1n) is 7.77. The normalized spacial score (nSPS) is 17.6. The van der Waals surface area contributed by atoms with Gasteiger partial charge in [0.15, 0.2) is 0 Å². The van der Waals surface area contributed by atoms with E-state index in [1.807, 2.05) is 30.3 Å². The monoisotopic (exact) mass is 332 g/mol. The van der Waals surface area contributed by atoms with Crippen molar-refractivity contribution < 1.29 is 14.3 Å². The number of nitrogens with one attached hydrogen (secondary N) is 1. The summed E-state index contributed by atoms with van der Waals surface area (Å²) in [5.74, 6) is -0.135. The van der Waals surface area contributed by atoms with Crippen molar-refractivity contribution in [1.82, 2.24) is 10.2 Å². The van der Waals surface area contributed by atoms with Crippen LogP contribution in [0.1, 0.15) is 22.5 Å². The second-order valence-electron chi connectivity index (χ2n) is 5.59. The molecule has 2 heterocycles. The number of carbonyl (C=O) groups is 2. The molecule has 1 fully saturated rings. The number of benzene rings is 1. The highest BCUT2D eigenvalue weighted by molar-refractivity contribution is 7.20. The van der Waals surface area contributed by atoms with E-state index in [9.17, 15) is 9.59 Å². The minimum absolute atomic E-state index is 0.0457. The Bertz CT molecular complexity index is 680. The Balaban J connectivity index is 1.73. The number of fused-ring (bicyclic) bond motifs is 1. The summed E-state index contributed by atoms with van der Waals surface area (Å²) in [5.41, 5.74) is 0. The van der Waals surface area contributed by atoms with Crippen LogP contribution in [0, 0.1) is 0 Å². The summed E-state index contributed by atoms with van der Waals surface area (Å²) in [6, 6.07) is 9.49. The number of hydrogen-bond donors (Lipinski definition) is 1. The number of hydrogen-bond acceptors (Lipinski definition) is 4. The van der Waals surface area contributed by atoms with Crippen LogP contribution in [0.2, 0.25) is 0 Å². The van der Waals surface area contributed by atoms with Gasteiger partial charge in [0.1, 0.15) is 6.04 Å². The fourth-order valence-electron chi connectivity index (χ4n) is 2.91. The molecule has 1 aliphatic heterocycles. The highest BCUT2D eigenvalue weighted by atomic mass is 32.1. The largest absolute Gasteiger partial charge is 0.383 e. The molecule has 0 unspecified atom stereocenters. The lowest BCUT2D eigenvalue weighted by Gasteiger charge is -2.23. The van der Waals surface area contributed by atoms with E-state index in [1.165, 1.54) is 11.3 Å². The van der Waals surface area contributed by atoms with Crippen LogP contribution >= 0.6 is 11.3 Å². The fraction of sp³-hybridized carbons (Fsp3) is 0.412. The van der Waals surface area contributed by atoms with Gasteiger partial charge in [-0.1, -0.05) is 18.2 Å². The highest BCUT2D eigenvalue weighted by Crippen LogP contribution is 2.28. The van der Waals surface area contributed by atoms with Crippen molar-refractivity contribution in [3.05, 3.63) is 35.2 Å². The average Bonchev–Trinajstić information content (AvgIpc) is 3.21. The molecule has 6 heteroatoms. The van der Waals surface area contributed by atoms with E-state index in [4.69, 9.17) is 4.74 Å². The van der Waals surface area contributed by atoms with Gasteiger partial charge in [0.05, 0.1) is 11.5 Å². The molecular formula is C17H20N2O3S. The average molecular weight is 332 g/mol. The number of likely N-dealkylation sites (tertiary alicyclic amines) is 1. The summed E-state index contributed by atoms with van der Waals surface area (Å²) in [5, 5.41) is 3.90. The van der Waals surface area contributed by atoms with Gasteiger partial charge in [0.25, 0.3) is 5.91 Å². The number of ether oxygens (including phenoxy) is 1. The van der Waals surface area contributed by atoms with E-state index in [0.29, 0.717) is 24.6 Å². The van der Waals surface area contributed by atoms with Crippen LogP contribution < -0.4 is 5.32 Å². The van der Waals surface area contributed by atoms with Crippen molar-refractivity contribution in [2.75, 3.05) is 26.8 Å². The van der Waals surface area contributed by atoms with E-state index < -0.39 is 0 Å². The van der Waals surface area contributed by atoms with Gasteiger partial charge in [-0.2, -0.15) is 0 Å². The summed E-state index contributed by atoms with van der Waals surface area (Å²) in [6.07, 6.45) is 1.58. The van der Waals surface area contributed by atoms with E-state index in [2.05, 4.69) is 5.32 Å². The fourth-order valence-corrected chi connectivity index (χ4v) is 3.92. The zero-order chi connectivity index (χ0) is 16.2. The molecular weight excluding hydrogens is 312 g/mol. The molecule has 2 amide bonds. The molecule has 5 nitrogen and oxygen atoms in total. The van der Waals surface area contributed by atoms with Crippen molar-refractivity contribution in [2.45, 2.75) is 18.9 Å². The summed E-state index contributed by atoms with van der Waals surface area (Å²) in [6.45, 7) is 1.58. The molecule has 0 spiro atoms. The first-order chi connectivity index (χ1) is 11.2.